The Morgan fingerprint density at radius 1 is 0.935 bits per heavy atom. The molecule has 0 saturated carbocycles. The van der Waals surface area contributed by atoms with Gasteiger partial charge in [0.1, 0.15) is 6.10 Å². The molecule has 0 bridgehead atoms. The van der Waals surface area contributed by atoms with E-state index in [-0.39, 0.29) is 0 Å². The van der Waals surface area contributed by atoms with Crippen LogP contribution in [0.3, 0.4) is 0 Å². The van der Waals surface area contributed by atoms with E-state index in [0.29, 0.717) is 29.8 Å². The highest BCUT2D eigenvalue weighted by molar-refractivity contribution is 5.68. The molecule has 7 nitrogen and oxygen atoms in total. The Hall–Kier alpha value is -3.74. The average molecular weight is 421 g/mol. The van der Waals surface area contributed by atoms with E-state index in [2.05, 4.69) is 23.5 Å². The topological polar surface area (TPSA) is 80.6 Å². The predicted molar refractivity (Wildman–Crippen MR) is 120 cm³/mol. The zero-order valence-corrected chi connectivity index (χ0v) is 17.8. The Balaban J connectivity index is 2.58. The van der Waals surface area contributed by atoms with E-state index < -0.39 is 24.3 Å². The van der Waals surface area contributed by atoms with Crippen molar-refractivity contribution >= 4 is 23.3 Å². The average Bonchev–Trinajstić information content (AvgIpc) is 2.74. The van der Waals surface area contributed by atoms with Crippen molar-refractivity contribution < 1.29 is 19.1 Å². The summed E-state index contributed by atoms with van der Waals surface area (Å²) in [5.74, 6) is -0.881. The van der Waals surface area contributed by atoms with E-state index in [4.69, 9.17) is 9.47 Å². The Bertz CT molecular complexity index is 927. The van der Waals surface area contributed by atoms with Crippen LogP contribution in [0.2, 0.25) is 0 Å². The van der Waals surface area contributed by atoms with Crippen molar-refractivity contribution in [3.8, 4) is 0 Å². The lowest BCUT2D eigenvalue weighted by Crippen LogP contribution is -2.35. The summed E-state index contributed by atoms with van der Waals surface area (Å²) < 4.78 is 11.0. The zero-order valence-electron chi connectivity index (χ0n) is 17.8. The standard InChI is InChI=1S/C24H27N3O4/c1-5-12-23(30-18(3)28)21-16-10-11-17-22(21)27(24(13-6-2)31-19(4)29)26-25-20-14-8-7-9-15-20/h5-11,14-17,23-24H,1-2,12-13H2,3-4H3. The van der Waals surface area contributed by atoms with Crippen LogP contribution in [0.5, 0.6) is 0 Å². The number of nitrogens with zero attached hydrogens (tertiary/aromatic N) is 3. The van der Waals surface area contributed by atoms with Crippen LogP contribution in [-0.2, 0) is 19.1 Å². The summed E-state index contributed by atoms with van der Waals surface area (Å²) in [5, 5.41) is 10.2. The van der Waals surface area contributed by atoms with E-state index in [1.165, 1.54) is 18.9 Å². The largest absolute Gasteiger partial charge is 0.457 e. The summed E-state index contributed by atoms with van der Waals surface area (Å²) in [6.07, 6.45) is 2.65. The maximum Gasteiger partial charge on any atom is 0.304 e. The van der Waals surface area contributed by atoms with Gasteiger partial charge < -0.3 is 9.47 Å². The van der Waals surface area contributed by atoms with Crippen molar-refractivity contribution in [2.75, 3.05) is 5.01 Å². The minimum absolute atomic E-state index is 0.307. The molecule has 0 aliphatic rings. The molecule has 0 spiro atoms. The van der Waals surface area contributed by atoms with E-state index in [0.717, 1.165) is 0 Å². The molecule has 2 rings (SSSR count). The van der Waals surface area contributed by atoms with Gasteiger partial charge in [0.25, 0.3) is 0 Å². The summed E-state index contributed by atoms with van der Waals surface area (Å²) in [6, 6.07) is 16.5. The van der Waals surface area contributed by atoms with Crippen molar-refractivity contribution in [1.29, 1.82) is 0 Å². The zero-order chi connectivity index (χ0) is 22.6. The van der Waals surface area contributed by atoms with Crippen molar-refractivity contribution in [3.05, 3.63) is 85.5 Å². The van der Waals surface area contributed by atoms with Crippen LogP contribution in [0.15, 0.2) is 90.2 Å². The number of anilines is 1. The monoisotopic (exact) mass is 421 g/mol. The molecule has 0 heterocycles. The van der Waals surface area contributed by atoms with Gasteiger partial charge in [0.15, 0.2) is 6.23 Å². The number of hydrogen-bond acceptors (Lipinski definition) is 6. The summed E-state index contributed by atoms with van der Waals surface area (Å²) >= 11 is 0. The minimum atomic E-state index is -0.787. The van der Waals surface area contributed by atoms with Gasteiger partial charge in [-0.1, -0.05) is 53.8 Å². The molecule has 0 N–H and O–H groups in total. The van der Waals surface area contributed by atoms with Gasteiger partial charge in [0.05, 0.1) is 11.4 Å². The van der Waals surface area contributed by atoms with Crippen LogP contribution < -0.4 is 5.01 Å². The number of hydrogen-bond donors (Lipinski definition) is 0. The first-order chi connectivity index (χ1) is 15.0. The molecular formula is C24H27N3O4. The molecule has 0 amide bonds. The van der Waals surface area contributed by atoms with E-state index in [1.54, 1.807) is 30.4 Å². The Morgan fingerprint density at radius 2 is 1.55 bits per heavy atom. The van der Waals surface area contributed by atoms with Gasteiger partial charge in [0, 0.05) is 32.3 Å². The lowest BCUT2D eigenvalue weighted by Gasteiger charge is -2.30. The second-order valence-corrected chi connectivity index (χ2v) is 6.64. The quantitative estimate of drug-likeness (QED) is 0.150. The summed E-state index contributed by atoms with van der Waals surface area (Å²) in [5.41, 5.74) is 1.90. The van der Waals surface area contributed by atoms with Gasteiger partial charge in [0.2, 0.25) is 0 Å². The van der Waals surface area contributed by atoms with Gasteiger partial charge in [-0.05, 0) is 18.2 Å². The molecule has 0 aromatic heterocycles. The van der Waals surface area contributed by atoms with Crippen LogP contribution in [0.4, 0.5) is 11.4 Å². The molecule has 0 saturated heterocycles. The van der Waals surface area contributed by atoms with Crippen molar-refractivity contribution in [2.24, 2.45) is 10.3 Å². The SMILES string of the molecule is C=CCC(OC(C)=O)c1ccccc1N(N=Nc1ccccc1)C(CC=C)OC(C)=O. The third-order valence-corrected chi connectivity index (χ3v) is 4.18. The maximum atomic E-state index is 11.8. The van der Waals surface area contributed by atoms with Crippen molar-refractivity contribution in [1.82, 2.24) is 0 Å². The molecule has 2 aromatic rings. The summed E-state index contributed by atoms with van der Waals surface area (Å²) in [4.78, 5) is 23.4. The fraction of sp³-hybridized carbons (Fsp3) is 0.250. The van der Waals surface area contributed by atoms with Crippen LogP contribution in [-0.4, -0.2) is 18.2 Å². The van der Waals surface area contributed by atoms with Gasteiger partial charge in [-0.15, -0.1) is 18.3 Å². The first-order valence-corrected chi connectivity index (χ1v) is 9.87. The van der Waals surface area contributed by atoms with Gasteiger partial charge in [-0.3, -0.25) is 9.59 Å². The van der Waals surface area contributed by atoms with Crippen molar-refractivity contribution in [2.45, 2.75) is 39.0 Å². The molecule has 0 radical (unpaired) electrons. The lowest BCUT2D eigenvalue weighted by molar-refractivity contribution is -0.146. The van der Waals surface area contributed by atoms with E-state index in [9.17, 15) is 9.59 Å². The molecule has 162 valence electrons. The number of para-hydroxylation sites is 1. The van der Waals surface area contributed by atoms with E-state index >= 15 is 0 Å². The normalized spacial score (nSPS) is 12.6. The van der Waals surface area contributed by atoms with Gasteiger partial charge in [-0.2, -0.15) is 0 Å². The number of esters is 2. The third-order valence-electron chi connectivity index (χ3n) is 4.18. The first-order valence-electron chi connectivity index (χ1n) is 9.87. The number of benzene rings is 2. The van der Waals surface area contributed by atoms with Gasteiger partial charge >= 0.3 is 11.9 Å². The molecule has 31 heavy (non-hydrogen) atoms. The van der Waals surface area contributed by atoms with Crippen LogP contribution in [0.25, 0.3) is 0 Å². The number of carbonyl (C=O) groups is 2. The summed E-state index contributed by atoms with van der Waals surface area (Å²) in [6.45, 7) is 10.2. The number of rotatable bonds is 11. The molecular weight excluding hydrogens is 394 g/mol. The van der Waals surface area contributed by atoms with Crippen LogP contribution >= 0.6 is 0 Å². The Morgan fingerprint density at radius 3 is 2.16 bits per heavy atom. The molecule has 7 heteroatoms. The third kappa shape index (κ3) is 7.22. The molecule has 2 aromatic carbocycles. The Kier molecular flexibility index (Phi) is 9.16. The highest BCUT2D eigenvalue weighted by Crippen LogP contribution is 2.34. The number of carbonyl (C=O) groups excluding carboxylic acids is 2. The fourth-order valence-corrected chi connectivity index (χ4v) is 2.95. The molecule has 0 aliphatic heterocycles. The number of ether oxygens (including phenoxy) is 2. The second kappa shape index (κ2) is 12.1. The molecule has 0 fully saturated rings. The Labute approximate surface area is 182 Å². The summed E-state index contributed by atoms with van der Waals surface area (Å²) in [7, 11) is 0. The van der Waals surface area contributed by atoms with Crippen LogP contribution in [0.1, 0.15) is 38.4 Å². The van der Waals surface area contributed by atoms with E-state index in [1.807, 2.05) is 36.4 Å². The maximum absolute atomic E-state index is 11.8. The predicted octanol–water partition coefficient (Wildman–Crippen LogP) is 5.84. The highest BCUT2D eigenvalue weighted by atomic mass is 16.6. The van der Waals surface area contributed by atoms with Gasteiger partial charge in [-0.25, -0.2) is 5.01 Å². The highest BCUT2D eigenvalue weighted by Gasteiger charge is 2.27. The molecule has 2 atom stereocenters. The fourth-order valence-electron chi connectivity index (χ4n) is 2.95. The molecule has 0 aliphatic carbocycles. The molecule has 2 unspecified atom stereocenters. The lowest BCUT2D eigenvalue weighted by atomic mass is 10.0. The van der Waals surface area contributed by atoms with Crippen LogP contribution in [0, 0.1) is 0 Å². The minimum Gasteiger partial charge on any atom is -0.457 e. The van der Waals surface area contributed by atoms with Crippen molar-refractivity contribution in [3.63, 3.8) is 0 Å². The smallest absolute Gasteiger partial charge is 0.304 e. The first kappa shape index (κ1) is 23.5. The second-order valence-electron chi connectivity index (χ2n) is 6.64.